The number of carbonyl (C=O) groups is 1. The van der Waals surface area contributed by atoms with E-state index < -0.39 is 5.82 Å². The van der Waals surface area contributed by atoms with Crippen molar-refractivity contribution < 1.29 is 9.18 Å². The molecule has 0 saturated carbocycles. The van der Waals surface area contributed by atoms with Crippen LogP contribution in [0.4, 0.5) is 10.1 Å². The standard InChI is InChI=1S/C17H12FN3O2S/c18-12-6-13-10(16(22)20-8-19-13)5-14(12)21-17(23)11-7-24-15-4-2-1-3-9(11)15/h1-6,8,11H,7H2,(H,21,23)(H,19,20,22)/t11-/m1/s1. The van der Waals surface area contributed by atoms with Crippen LogP contribution in [0.15, 0.2) is 52.4 Å². The molecule has 1 atom stereocenters. The van der Waals surface area contributed by atoms with Crippen molar-refractivity contribution in [3.63, 3.8) is 0 Å². The first-order chi connectivity index (χ1) is 11.6. The van der Waals surface area contributed by atoms with E-state index in [1.807, 2.05) is 24.3 Å². The molecule has 1 aromatic heterocycles. The number of fused-ring (bicyclic) bond motifs is 2. The number of benzene rings is 2. The summed E-state index contributed by atoms with van der Waals surface area (Å²) in [5, 5.41) is 2.84. The molecule has 1 amide bonds. The lowest BCUT2D eigenvalue weighted by molar-refractivity contribution is -0.117. The van der Waals surface area contributed by atoms with Gasteiger partial charge in [0.2, 0.25) is 5.91 Å². The van der Waals surface area contributed by atoms with Crippen molar-refractivity contribution in [3.05, 3.63) is 64.5 Å². The maximum Gasteiger partial charge on any atom is 0.258 e. The lowest BCUT2D eigenvalue weighted by Crippen LogP contribution is -2.22. The molecule has 24 heavy (non-hydrogen) atoms. The largest absolute Gasteiger partial charge is 0.323 e. The number of hydrogen-bond acceptors (Lipinski definition) is 4. The second kappa shape index (κ2) is 5.76. The SMILES string of the molecule is O=C(Nc1cc2c(=O)[nH]cnc2cc1F)[C@@H]1CSc2ccccc21. The van der Waals surface area contributed by atoms with E-state index >= 15 is 0 Å². The van der Waals surface area contributed by atoms with Gasteiger partial charge < -0.3 is 10.3 Å². The van der Waals surface area contributed by atoms with Crippen LogP contribution in [0.2, 0.25) is 0 Å². The molecule has 0 fully saturated rings. The van der Waals surface area contributed by atoms with Crippen molar-refractivity contribution in [1.82, 2.24) is 9.97 Å². The first-order valence-electron chi connectivity index (χ1n) is 7.33. The Morgan fingerprint density at radius 1 is 1.33 bits per heavy atom. The molecule has 0 spiro atoms. The van der Waals surface area contributed by atoms with Crippen LogP contribution < -0.4 is 10.9 Å². The van der Waals surface area contributed by atoms with Gasteiger partial charge >= 0.3 is 0 Å². The molecular formula is C17H12FN3O2S. The van der Waals surface area contributed by atoms with Gasteiger partial charge in [-0.1, -0.05) is 18.2 Å². The Morgan fingerprint density at radius 3 is 3.04 bits per heavy atom. The van der Waals surface area contributed by atoms with Gasteiger partial charge in [-0.2, -0.15) is 0 Å². The molecule has 0 aliphatic carbocycles. The molecular weight excluding hydrogens is 329 g/mol. The van der Waals surface area contributed by atoms with E-state index in [-0.39, 0.29) is 34.0 Å². The molecule has 4 rings (SSSR count). The Balaban J connectivity index is 1.67. The quantitative estimate of drug-likeness (QED) is 0.752. The van der Waals surface area contributed by atoms with Gasteiger partial charge in [-0.15, -0.1) is 11.8 Å². The topological polar surface area (TPSA) is 74.8 Å². The number of H-pyrrole nitrogens is 1. The number of aromatic amines is 1. The summed E-state index contributed by atoms with van der Waals surface area (Å²) >= 11 is 1.60. The summed E-state index contributed by atoms with van der Waals surface area (Å²) in [7, 11) is 0. The minimum absolute atomic E-state index is 0.0135. The molecule has 2 N–H and O–H groups in total. The lowest BCUT2D eigenvalue weighted by atomic mass is 10.0. The van der Waals surface area contributed by atoms with E-state index in [0.717, 1.165) is 16.5 Å². The van der Waals surface area contributed by atoms with Crippen molar-refractivity contribution in [3.8, 4) is 0 Å². The fourth-order valence-electron chi connectivity index (χ4n) is 2.78. The predicted octanol–water partition coefficient (Wildman–Crippen LogP) is 2.89. The third-order valence-electron chi connectivity index (χ3n) is 4.00. The first kappa shape index (κ1) is 14.9. The Morgan fingerprint density at radius 2 is 2.17 bits per heavy atom. The third kappa shape index (κ3) is 2.46. The second-order valence-corrected chi connectivity index (χ2v) is 6.53. The van der Waals surface area contributed by atoms with Gasteiger partial charge in [0.1, 0.15) is 5.82 Å². The van der Waals surface area contributed by atoms with Crippen LogP contribution in [0.5, 0.6) is 0 Å². The number of thioether (sulfide) groups is 1. The molecule has 1 aliphatic rings. The fraction of sp³-hybridized carbons (Fsp3) is 0.118. The maximum absolute atomic E-state index is 14.2. The van der Waals surface area contributed by atoms with Crippen molar-refractivity contribution in [2.45, 2.75) is 10.8 Å². The number of aromatic nitrogens is 2. The van der Waals surface area contributed by atoms with Crippen molar-refractivity contribution in [2.24, 2.45) is 0 Å². The van der Waals surface area contributed by atoms with Crippen LogP contribution in [-0.4, -0.2) is 21.6 Å². The number of rotatable bonds is 2. The van der Waals surface area contributed by atoms with Gasteiger partial charge in [-0.3, -0.25) is 9.59 Å². The van der Waals surface area contributed by atoms with Gasteiger partial charge in [-0.05, 0) is 17.7 Å². The van der Waals surface area contributed by atoms with Gasteiger partial charge in [0, 0.05) is 16.7 Å². The summed E-state index contributed by atoms with van der Waals surface area (Å²) in [5.41, 5.74) is 0.800. The van der Waals surface area contributed by atoms with E-state index in [1.54, 1.807) is 11.8 Å². The number of carbonyl (C=O) groups excluding carboxylic acids is 1. The van der Waals surface area contributed by atoms with Crippen molar-refractivity contribution in [1.29, 1.82) is 0 Å². The summed E-state index contributed by atoms with van der Waals surface area (Å²) in [5.74, 6) is -0.630. The summed E-state index contributed by atoms with van der Waals surface area (Å²) in [6.45, 7) is 0. The van der Waals surface area contributed by atoms with E-state index in [0.29, 0.717) is 5.75 Å². The molecule has 0 bridgehead atoms. The van der Waals surface area contributed by atoms with E-state index in [9.17, 15) is 14.0 Å². The first-order valence-corrected chi connectivity index (χ1v) is 8.31. The number of hydrogen-bond donors (Lipinski definition) is 2. The summed E-state index contributed by atoms with van der Waals surface area (Å²) < 4.78 is 14.2. The molecule has 0 radical (unpaired) electrons. The van der Waals surface area contributed by atoms with Crippen LogP contribution in [0.3, 0.4) is 0 Å². The molecule has 120 valence electrons. The van der Waals surface area contributed by atoms with Gasteiger partial charge in [0.15, 0.2) is 0 Å². The molecule has 3 aromatic rings. The van der Waals surface area contributed by atoms with Crippen molar-refractivity contribution in [2.75, 3.05) is 11.1 Å². The predicted molar refractivity (Wildman–Crippen MR) is 90.9 cm³/mol. The van der Waals surface area contributed by atoms with Gasteiger partial charge in [0.05, 0.1) is 28.8 Å². The molecule has 2 aromatic carbocycles. The highest BCUT2D eigenvalue weighted by atomic mass is 32.2. The summed E-state index contributed by atoms with van der Waals surface area (Å²) in [6, 6.07) is 10.2. The normalized spacial score (nSPS) is 16.1. The summed E-state index contributed by atoms with van der Waals surface area (Å²) in [6.07, 6.45) is 1.22. The van der Waals surface area contributed by atoms with Crippen LogP contribution >= 0.6 is 11.8 Å². The lowest BCUT2D eigenvalue weighted by Gasteiger charge is -2.12. The molecule has 1 aliphatic heterocycles. The highest BCUT2D eigenvalue weighted by Crippen LogP contribution is 2.39. The van der Waals surface area contributed by atoms with Crippen LogP contribution in [0, 0.1) is 5.82 Å². The van der Waals surface area contributed by atoms with E-state index in [2.05, 4.69) is 15.3 Å². The molecule has 7 heteroatoms. The Labute approximate surface area is 140 Å². The number of nitrogens with one attached hydrogen (secondary N) is 2. The highest BCUT2D eigenvalue weighted by Gasteiger charge is 2.29. The number of anilines is 1. The average molecular weight is 341 g/mol. The summed E-state index contributed by atoms with van der Waals surface area (Å²) in [4.78, 5) is 31.8. The highest BCUT2D eigenvalue weighted by molar-refractivity contribution is 7.99. The fourth-order valence-corrected chi connectivity index (χ4v) is 4.01. The number of nitrogens with zero attached hydrogens (tertiary/aromatic N) is 1. The number of amides is 1. The van der Waals surface area contributed by atoms with E-state index in [1.165, 1.54) is 12.4 Å². The minimum atomic E-state index is -0.618. The van der Waals surface area contributed by atoms with Crippen LogP contribution in [0.25, 0.3) is 10.9 Å². The Bertz CT molecular complexity index is 1020. The average Bonchev–Trinajstić information content (AvgIpc) is 3.00. The van der Waals surface area contributed by atoms with Crippen LogP contribution in [-0.2, 0) is 4.79 Å². The zero-order valence-corrected chi connectivity index (χ0v) is 13.2. The molecule has 0 unspecified atom stereocenters. The van der Waals surface area contributed by atoms with Gasteiger partial charge in [0.25, 0.3) is 5.56 Å². The minimum Gasteiger partial charge on any atom is -0.323 e. The molecule has 0 saturated heterocycles. The Hall–Kier alpha value is -2.67. The Kier molecular flexibility index (Phi) is 3.57. The van der Waals surface area contributed by atoms with E-state index in [4.69, 9.17) is 0 Å². The molecule has 2 heterocycles. The van der Waals surface area contributed by atoms with Gasteiger partial charge in [-0.25, -0.2) is 9.37 Å². The zero-order chi connectivity index (χ0) is 16.7. The van der Waals surface area contributed by atoms with Crippen LogP contribution in [0.1, 0.15) is 11.5 Å². The smallest absolute Gasteiger partial charge is 0.258 e. The van der Waals surface area contributed by atoms with Crippen molar-refractivity contribution >= 4 is 34.3 Å². The number of halogens is 1. The zero-order valence-electron chi connectivity index (χ0n) is 12.4. The second-order valence-electron chi connectivity index (χ2n) is 5.47. The maximum atomic E-state index is 14.2. The monoisotopic (exact) mass is 341 g/mol. The molecule has 5 nitrogen and oxygen atoms in total. The third-order valence-corrected chi connectivity index (χ3v) is 5.19.